The Hall–Kier alpha value is -1.88. The van der Waals surface area contributed by atoms with Gasteiger partial charge < -0.3 is 10.2 Å². The molecule has 1 unspecified atom stereocenters. The van der Waals surface area contributed by atoms with Gasteiger partial charge in [0.05, 0.1) is 23.8 Å². The number of piperazine rings is 1. The van der Waals surface area contributed by atoms with Crippen LogP contribution in [0, 0.1) is 5.92 Å². The highest BCUT2D eigenvalue weighted by atomic mass is 15.2. The molecule has 3 rings (SSSR count). The average Bonchev–Trinajstić information content (AvgIpc) is 3.01. The van der Waals surface area contributed by atoms with Crippen LogP contribution >= 0.6 is 0 Å². The van der Waals surface area contributed by atoms with E-state index in [1.165, 1.54) is 12.1 Å². The highest BCUT2D eigenvalue weighted by molar-refractivity contribution is 5.59. The summed E-state index contributed by atoms with van der Waals surface area (Å²) in [6.45, 7) is 7.71. The van der Waals surface area contributed by atoms with Crippen molar-refractivity contribution in [1.29, 1.82) is 0 Å². The van der Waals surface area contributed by atoms with Gasteiger partial charge in [0, 0.05) is 37.4 Å². The number of nitrogens with zero attached hydrogens (tertiary/aromatic N) is 3. The lowest BCUT2D eigenvalue weighted by Gasteiger charge is -2.35. The van der Waals surface area contributed by atoms with E-state index >= 15 is 0 Å². The van der Waals surface area contributed by atoms with Crippen molar-refractivity contribution in [2.45, 2.75) is 26.3 Å². The molecule has 1 fully saturated rings. The fourth-order valence-corrected chi connectivity index (χ4v) is 2.92. The summed E-state index contributed by atoms with van der Waals surface area (Å²) >= 11 is 0. The van der Waals surface area contributed by atoms with Gasteiger partial charge in [0.15, 0.2) is 0 Å². The number of aromatic nitrogens is 3. The Labute approximate surface area is 125 Å². The zero-order chi connectivity index (χ0) is 14.7. The van der Waals surface area contributed by atoms with E-state index in [0.717, 1.165) is 36.8 Å². The van der Waals surface area contributed by atoms with Crippen LogP contribution in [0.15, 0.2) is 30.7 Å². The fourth-order valence-electron chi connectivity index (χ4n) is 2.92. The number of hydrogen-bond acceptors (Lipinski definition) is 4. The van der Waals surface area contributed by atoms with Crippen molar-refractivity contribution in [3.8, 4) is 11.3 Å². The molecule has 21 heavy (non-hydrogen) atoms. The highest BCUT2D eigenvalue weighted by Gasteiger charge is 2.20. The van der Waals surface area contributed by atoms with Crippen LogP contribution in [-0.4, -0.2) is 40.9 Å². The second kappa shape index (κ2) is 6.26. The summed E-state index contributed by atoms with van der Waals surface area (Å²) < 4.78 is 0. The molecule has 112 valence electrons. The normalized spacial score (nSPS) is 19.2. The minimum absolute atomic E-state index is 0.576. The van der Waals surface area contributed by atoms with Gasteiger partial charge in [0.25, 0.3) is 0 Å². The standard InChI is InChI=1S/C16H23N5/c1-12(2)7-14-11-21(6-5-17-14)15-3-4-16(18-10-15)13-8-19-20-9-13/h3-4,8-10,12,14,17H,5-7,11H2,1-2H3,(H,19,20). The Balaban J connectivity index is 1.69. The molecule has 2 N–H and O–H groups in total. The quantitative estimate of drug-likeness (QED) is 0.905. The average molecular weight is 285 g/mol. The fraction of sp³-hybridized carbons (Fsp3) is 0.500. The zero-order valence-corrected chi connectivity index (χ0v) is 12.7. The predicted molar refractivity (Wildman–Crippen MR) is 85.3 cm³/mol. The largest absolute Gasteiger partial charge is 0.367 e. The maximum Gasteiger partial charge on any atom is 0.0735 e. The van der Waals surface area contributed by atoms with Crippen molar-refractivity contribution >= 4 is 5.69 Å². The van der Waals surface area contributed by atoms with Gasteiger partial charge in [0.2, 0.25) is 0 Å². The third-order valence-electron chi connectivity index (χ3n) is 3.92. The number of pyridine rings is 1. The van der Waals surface area contributed by atoms with Crippen LogP contribution in [0.4, 0.5) is 5.69 Å². The van der Waals surface area contributed by atoms with E-state index in [2.05, 4.69) is 51.4 Å². The molecule has 2 aromatic heterocycles. The summed E-state index contributed by atoms with van der Waals surface area (Å²) in [6, 6.07) is 4.81. The molecule has 1 aliphatic heterocycles. The molecule has 3 heterocycles. The number of anilines is 1. The van der Waals surface area contributed by atoms with Gasteiger partial charge in [-0.05, 0) is 24.5 Å². The molecule has 2 aromatic rings. The van der Waals surface area contributed by atoms with Crippen molar-refractivity contribution in [2.75, 3.05) is 24.5 Å². The monoisotopic (exact) mass is 285 g/mol. The first-order chi connectivity index (χ1) is 10.2. The van der Waals surface area contributed by atoms with Gasteiger partial charge in [-0.2, -0.15) is 5.10 Å². The molecule has 0 amide bonds. The van der Waals surface area contributed by atoms with E-state index in [9.17, 15) is 0 Å². The van der Waals surface area contributed by atoms with Crippen molar-refractivity contribution in [2.24, 2.45) is 5.92 Å². The van der Waals surface area contributed by atoms with E-state index in [0.29, 0.717) is 6.04 Å². The Morgan fingerprint density at radius 3 is 2.90 bits per heavy atom. The zero-order valence-electron chi connectivity index (χ0n) is 12.7. The van der Waals surface area contributed by atoms with Crippen molar-refractivity contribution < 1.29 is 0 Å². The molecule has 5 nitrogen and oxygen atoms in total. The lowest BCUT2D eigenvalue weighted by Crippen LogP contribution is -2.51. The summed E-state index contributed by atoms with van der Waals surface area (Å²) in [5.41, 5.74) is 3.19. The topological polar surface area (TPSA) is 56.8 Å². The summed E-state index contributed by atoms with van der Waals surface area (Å²) in [7, 11) is 0. The number of nitrogens with one attached hydrogen (secondary N) is 2. The number of H-pyrrole nitrogens is 1. The summed E-state index contributed by atoms with van der Waals surface area (Å²) in [5.74, 6) is 0.726. The van der Waals surface area contributed by atoms with Gasteiger partial charge in [-0.3, -0.25) is 10.1 Å². The third-order valence-corrected chi connectivity index (χ3v) is 3.92. The molecule has 0 bridgehead atoms. The van der Waals surface area contributed by atoms with Crippen LogP contribution in [0.2, 0.25) is 0 Å². The third kappa shape index (κ3) is 3.42. The first kappa shape index (κ1) is 14.1. The van der Waals surface area contributed by atoms with E-state index in [4.69, 9.17) is 0 Å². The van der Waals surface area contributed by atoms with Crippen molar-refractivity contribution in [3.05, 3.63) is 30.7 Å². The molecule has 1 aliphatic rings. The predicted octanol–water partition coefficient (Wildman–Crippen LogP) is 2.30. The number of aromatic amines is 1. The van der Waals surface area contributed by atoms with Crippen LogP contribution in [0.3, 0.4) is 0 Å². The molecule has 0 aromatic carbocycles. The molecular weight excluding hydrogens is 262 g/mol. The minimum atomic E-state index is 0.576. The Kier molecular flexibility index (Phi) is 4.20. The molecule has 1 saturated heterocycles. The lowest BCUT2D eigenvalue weighted by molar-refractivity contribution is 0.388. The van der Waals surface area contributed by atoms with Gasteiger partial charge in [0.1, 0.15) is 0 Å². The second-order valence-corrected chi connectivity index (χ2v) is 6.12. The Morgan fingerprint density at radius 1 is 1.33 bits per heavy atom. The van der Waals surface area contributed by atoms with Gasteiger partial charge in [-0.1, -0.05) is 13.8 Å². The van der Waals surface area contributed by atoms with Gasteiger partial charge in [-0.15, -0.1) is 0 Å². The molecular formula is C16H23N5. The van der Waals surface area contributed by atoms with Gasteiger partial charge >= 0.3 is 0 Å². The van der Waals surface area contributed by atoms with Crippen molar-refractivity contribution in [1.82, 2.24) is 20.5 Å². The Bertz CT molecular complexity index is 547. The first-order valence-electron chi connectivity index (χ1n) is 7.66. The Morgan fingerprint density at radius 2 is 2.24 bits per heavy atom. The second-order valence-electron chi connectivity index (χ2n) is 6.12. The van der Waals surface area contributed by atoms with E-state index < -0.39 is 0 Å². The molecule has 0 aliphatic carbocycles. The summed E-state index contributed by atoms with van der Waals surface area (Å²) in [4.78, 5) is 6.99. The van der Waals surface area contributed by atoms with E-state index in [-0.39, 0.29) is 0 Å². The van der Waals surface area contributed by atoms with Crippen LogP contribution < -0.4 is 10.2 Å². The van der Waals surface area contributed by atoms with Crippen LogP contribution in [-0.2, 0) is 0 Å². The molecule has 1 atom stereocenters. The van der Waals surface area contributed by atoms with Crippen LogP contribution in [0.5, 0.6) is 0 Å². The SMILES string of the molecule is CC(C)CC1CN(c2ccc(-c3cn[nH]c3)nc2)CCN1. The maximum absolute atomic E-state index is 4.56. The van der Waals surface area contributed by atoms with Gasteiger partial charge in [-0.25, -0.2) is 0 Å². The first-order valence-corrected chi connectivity index (χ1v) is 7.66. The molecule has 0 radical (unpaired) electrons. The van der Waals surface area contributed by atoms with E-state index in [1.807, 2.05) is 12.4 Å². The van der Waals surface area contributed by atoms with Crippen LogP contribution in [0.25, 0.3) is 11.3 Å². The minimum Gasteiger partial charge on any atom is -0.367 e. The maximum atomic E-state index is 4.56. The molecule has 0 spiro atoms. The number of hydrogen-bond donors (Lipinski definition) is 2. The van der Waals surface area contributed by atoms with Crippen LogP contribution in [0.1, 0.15) is 20.3 Å². The molecule has 0 saturated carbocycles. The smallest absolute Gasteiger partial charge is 0.0735 e. The summed E-state index contributed by atoms with van der Waals surface area (Å²) in [6.07, 6.45) is 6.86. The molecule has 5 heteroatoms. The highest BCUT2D eigenvalue weighted by Crippen LogP contribution is 2.21. The van der Waals surface area contributed by atoms with E-state index in [1.54, 1.807) is 6.20 Å². The number of rotatable bonds is 4. The summed E-state index contributed by atoms with van der Waals surface area (Å²) in [5, 5.41) is 10.4. The lowest BCUT2D eigenvalue weighted by atomic mass is 10.0. The van der Waals surface area contributed by atoms with Crippen molar-refractivity contribution in [3.63, 3.8) is 0 Å².